The molecule has 2 aromatic heterocycles. The molecule has 23 heavy (non-hydrogen) atoms. The van der Waals surface area contributed by atoms with Crippen molar-refractivity contribution in [3.05, 3.63) is 17.8 Å². The number of sulfone groups is 1. The third kappa shape index (κ3) is 3.51. The van der Waals surface area contributed by atoms with Crippen LogP contribution in [0.2, 0.25) is 0 Å². The molecule has 2 aromatic rings. The molecule has 0 N–H and O–H groups in total. The Morgan fingerprint density at radius 1 is 1.48 bits per heavy atom. The molecule has 1 saturated heterocycles. The molecule has 2 atom stereocenters. The number of fused-ring (bicyclic) bond motifs is 1. The van der Waals surface area contributed by atoms with Crippen molar-refractivity contribution in [1.29, 1.82) is 0 Å². The molecule has 1 aliphatic rings. The zero-order valence-electron chi connectivity index (χ0n) is 12.8. The van der Waals surface area contributed by atoms with Gasteiger partial charge in [-0.1, -0.05) is 11.8 Å². The number of carbonyl (C=O) groups excluding carboxylic acids is 1. The van der Waals surface area contributed by atoms with E-state index in [1.54, 1.807) is 11.9 Å². The summed E-state index contributed by atoms with van der Waals surface area (Å²) >= 11 is 2.92. The van der Waals surface area contributed by atoms with E-state index in [0.717, 1.165) is 15.2 Å². The summed E-state index contributed by atoms with van der Waals surface area (Å²) in [6.45, 7) is 1.83. The average Bonchev–Trinajstić information content (AvgIpc) is 3.12. The third-order valence-electron chi connectivity index (χ3n) is 3.97. The molecular formula is C14H17N3O3S3. The number of thiophene rings is 1. The fourth-order valence-electron chi connectivity index (χ4n) is 2.63. The molecule has 0 radical (unpaired) electrons. The van der Waals surface area contributed by atoms with Crippen LogP contribution in [0, 0.1) is 0 Å². The number of hydrogen-bond donors (Lipinski definition) is 0. The van der Waals surface area contributed by atoms with Crippen LogP contribution in [0.5, 0.6) is 0 Å². The van der Waals surface area contributed by atoms with E-state index in [1.807, 2.05) is 18.4 Å². The summed E-state index contributed by atoms with van der Waals surface area (Å²) in [5, 5.41) is 3.35. The first-order valence-electron chi connectivity index (χ1n) is 7.19. The lowest BCUT2D eigenvalue weighted by atomic mass is 10.2. The molecule has 6 nitrogen and oxygen atoms in total. The molecule has 0 spiro atoms. The van der Waals surface area contributed by atoms with E-state index in [4.69, 9.17) is 0 Å². The van der Waals surface area contributed by atoms with Gasteiger partial charge in [-0.05, 0) is 24.8 Å². The smallest absolute Gasteiger partial charge is 0.235 e. The van der Waals surface area contributed by atoms with E-state index in [-0.39, 0.29) is 28.7 Å². The number of aromatic nitrogens is 2. The van der Waals surface area contributed by atoms with Gasteiger partial charge in [0, 0.05) is 18.5 Å². The van der Waals surface area contributed by atoms with Gasteiger partial charge >= 0.3 is 0 Å². The van der Waals surface area contributed by atoms with Crippen molar-refractivity contribution in [2.75, 3.05) is 18.6 Å². The molecule has 0 bridgehead atoms. The summed E-state index contributed by atoms with van der Waals surface area (Å²) in [4.78, 5) is 23.5. The van der Waals surface area contributed by atoms with Crippen LogP contribution < -0.4 is 0 Å². The fraction of sp³-hybridized carbons (Fsp3) is 0.500. The lowest BCUT2D eigenvalue weighted by molar-refractivity contribution is -0.130. The number of thioether (sulfide) groups is 1. The number of amides is 1. The maximum absolute atomic E-state index is 12.6. The molecule has 0 unspecified atom stereocenters. The summed E-state index contributed by atoms with van der Waals surface area (Å²) in [5.74, 6) is 0.159. The Kier molecular flexibility index (Phi) is 4.61. The molecule has 3 heterocycles. The molecular weight excluding hydrogens is 354 g/mol. The Balaban J connectivity index is 1.71. The standard InChI is InChI=1S/C14H17N3O3S3/c1-9(14(18)17(2)10-4-6-23(19,20)7-10)22-13-11-3-5-21-12(11)15-8-16-13/h3,5,8-10H,4,6-7H2,1-2H3/t9-,10+/m0/s1. The first-order chi connectivity index (χ1) is 10.9. The Morgan fingerprint density at radius 3 is 2.96 bits per heavy atom. The lowest BCUT2D eigenvalue weighted by Gasteiger charge is -2.26. The summed E-state index contributed by atoms with van der Waals surface area (Å²) in [6.07, 6.45) is 2.02. The zero-order valence-corrected chi connectivity index (χ0v) is 15.2. The third-order valence-corrected chi connectivity index (χ3v) is 7.64. The van der Waals surface area contributed by atoms with Crippen LogP contribution in [0.4, 0.5) is 0 Å². The maximum atomic E-state index is 12.6. The Bertz CT molecular complexity index is 834. The minimum absolute atomic E-state index is 0.0644. The van der Waals surface area contributed by atoms with E-state index in [0.29, 0.717) is 6.42 Å². The van der Waals surface area contributed by atoms with Crippen molar-refractivity contribution in [2.24, 2.45) is 0 Å². The fourth-order valence-corrected chi connectivity index (χ4v) is 6.20. The van der Waals surface area contributed by atoms with Crippen molar-refractivity contribution in [1.82, 2.24) is 14.9 Å². The van der Waals surface area contributed by atoms with Gasteiger partial charge in [-0.15, -0.1) is 11.3 Å². The van der Waals surface area contributed by atoms with Crippen molar-refractivity contribution < 1.29 is 13.2 Å². The highest BCUT2D eigenvalue weighted by Crippen LogP contribution is 2.31. The molecule has 124 valence electrons. The summed E-state index contributed by atoms with van der Waals surface area (Å²) in [5.41, 5.74) is 0. The van der Waals surface area contributed by atoms with Crippen LogP contribution in [-0.4, -0.2) is 59.0 Å². The van der Waals surface area contributed by atoms with Gasteiger partial charge in [-0.25, -0.2) is 18.4 Å². The molecule has 9 heteroatoms. The normalized spacial score (nSPS) is 21.4. The Hall–Kier alpha value is -1.19. The lowest BCUT2D eigenvalue weighted by Crippen LogP contribution is -2.41. The summed E-state index contributed by atoms with van der Waals surface area (Å²) in [7, 11) is -1.31. The van der Waals surface area contributed by atoms with Crippen LogP contribution in [0.3, 0.4) is 0 Å². The first kappa shape index (κ1) is 16.7. The van der Waals surface area contributed by atoms with Gasteiger partial charge in [0.1, 0.15) is 16.2 Å². The van der Waals surface area contributed by atoms with Gasteiger partial charge in [-0.3, -0.25) is 4.79 Å². The predicted octanol–water partition coefficient (Wildman–Crippen LogP) is 1.82. The van der Waals surface area contributed by atoms with Crippen molar-refractivity contribution in [2.45, 2.75) is 29.7 Å². The predicted molar refractivity (Wildman–Crippen MR) is 92.6 cm³/mol. The number of carbonyl (C=O) groups is 1. The van der Waals surface area contributed by atoms with Gasteiger partial charge in [0.05, 0.1) is 16.8 Å². The number of hydrogen-bond acceptors (Lipinski definition) is 7. The van der Waals surface area contributed by atoms with Gasteiger partial charge in [0.15, 0.2) is 9.84 Å². The van der Waals surface area contributed by atoms with Gasteiger partial charge in [-0.2, -0.15) is 0 Å². The topological polar surface area (TPSA) is 80.2 Å². The van der Waals surface area contributed by atoms with E-state index in [2.05, 4.69) is 9.97 Å². The molecule has 1 aliphatic heterocycles. The summed E-state index contributed by atoms with van der Waals surface area (Å²) < 4.78 is 23.2. The second-order valence-electron chi connectivity index (χ2n) is 5.58. The molecule has 0 aliphatic carbocycles. The molecule has 1 amide bonds. The van der Waals surface area contributed by atoms with E-state index in [1.165, 1.54) is 29.4 Å². The van der Waals surface area contributed by atoms with E-state index >= 15 is 0 Å². The molecule has 1 fully saturated rings. The van der Waals surface area contributed by atoms with Gasteiger partial charge in [0.2, 0.25) is 5.91 Å². The van der Waals surface area contributed by atoms with Crippen LogP contribution in [0.25, 0.3) is 10.2 Å². The second kappa shape index (κ2) is 6.37. The minimum atomic E-state index is -3.00. The molecule has 3 rings (SSSR count). The maximum Gasteiger partial charge on any atom is 0.235 e. The van der Waals surface area contributed by atoms with Crippen LogP contribution in [0.15, 0.2) is 22.8 Å². The highest BCUT2D eigenvalue weighted by Gasteiger charge is 2.34. The van der Waals surface area contributed by atoms with E-state index < -0.39 is 9.84 Å². The number of nitrogens with zero attached hydrogens (tertiary/aromatic N) is 3. The highest BCUT2D eigenvalue weighted by molar-refractivity contribution is 8.00. The molecule has 0 saturated carbocycles. The minimum Gasteiger partial charge on any atom is -0.341 e. The van der Waals surface area contributed by atoms with Crippen molar-refractivity contribution in [3.8, 4) is 0 Å². The SMILES string of the molecule is C[C@H](Sc1ncnc2sccc12)C(=O)N(C)[C@@H]1CCS(=O)(=O)C1. The van der Waals surface area contributed by atoms with E-state index in [9.17, 15) is 13.2 Å². The Morgan fingerprint density at radius 2 is 2.26 bits per heavy atom. The van der Waals surface area contributed by atoms with Gasteiger partial charge < -0.3 is 4.90 Å². The van der Waals surface area contributed by atoms with Crippen molar-refractivity contribution in [3.63, 3.8) is 0 Å². The van der Waals surface area contributed by atoms with Crippen molar-refractivity contribution >= 4 is 49.1 Å². The number of rotatable bonds is 4. The van der Waals surface area contributed by atoms with Crippen LogP contribution in [-0.2, 0) is 14.6 Å². The van der Waals surface area contributed by atoms with Crippen LogP contribution in [0.1, 0.15) is 13.3 Å². The summed E-state index contributed by atoms with van der Waals surface area (Å²) in [6, 6.07) is 1.73. The molecule has 0 aromatic carbocycles. The highest BCUT2D eigenvalue weighted by atomic mass is 32.2. The first-order valence-corrected chi connectivity index (χ1v) is 10.8. The van der Waals surface area contributed by atoms with Gasteiger partial charge in [0.25, 0.3) is 0 Å². The largest absolute Gasteiger partial charge is 0.341 e. The Labute approximate surface area is 143 Å². The quantitative estimate of drug-likeness (QED) is 0.602. The van der Waals surface area contributed by atoms with Crippen LogP contribution >= 0.6 is 23.1 Å². The zero-order chi connectivity index (χ0) is 16.6. The average molecular weight is 372 g/mol. The monoisotopic (exact) mass is 371 g/mol. The second-order valence-corrected chi connectivity index (χ2v) is 10.0.